The largest absolute Gasteiger partial charge is 0.357 e. The van der Waals surface area contributed by atoms with E-state index in [0.717, 1.165) is 62.9 Å². The lowest BCUT2D eigenvalue weighted by Gasteiger charge is -2.21. The molecule has 0 bridgehead atoms. The van der Waals surface area contributed by atoms with Crippen LogP contribution in [0.2, 0.25) is 0 Å². The van der Waals surface area contributed by atoms with E-state index in [-0.39, 0.29) is 29.9 Å². The number of hydrogen-bond donors (Lipinski definition) is 2. The van der Waals surface area contributed by atoms with Gasteiger partial charge in [0.25, 0.3) is 0 Å². The number of rotatable bonds is 7. The van der Waals surface area contributed by atoms with Crippen LogP contribution in [0.3, 0.4) is 0 Å². The second-order valence-electron chi connectivity index (χ2n) is 7.94. The second-order valence-corrected chi connectivity index (χ2v) is 7.94. The monoisotopic (exact) mass is 528 g/mol. The first-order valence-electron chi connectivity index (χ1n) is 11.0. The Kier molecular flexibility index (Phi) is 10.9. The normalized spacial score (nSPS) is 18.8. The molecule has 0 saturated carbocycles. The number of halogens is 1. The predicted octanol–water partition coefficient (Wildman–Crippen LogP) is 2.12. The molecule has 0 aliphatic carbocycles. The van der Waals surface area contributed by atoms with E-state index in [2.05, 4.69) is 46.5 Å². The molecule has 0 atom stereocenters. The first-order valence-corrected chi connectivity index (χ1v) is 11.0. The highest BCUT2D eigenvalue weighted by Crippen LogP contribution is 2.21. The third-order valence-corrected chi connectivity index (χ3v) is 5.62. The number of carbonyl (C=O) groups excluding carboxylic acids is 1. The van der Waals surface area contributed by atoms with Crippen LogP contribution in [0, 0.1) is 0 Å². The minimum Gasteiger partial charge on any atom is -0.357 e. The maximum atomic E-state index is 11.9. The molecule has 0 spiro atoms. The number of nitrogens with zero attached hydrogens (tertiary/aromatic N) is 4. The van der Waals surface area contributed by atoms with E-state index in [0.29, 0.717) is 13.0 Å². The lowest BCUT2D eigenvalue weighted by molar-refractivity contribution is -0.117. The third kappa shape index (κ3) is 7.70. The summed E-state index contributed by atoms with van der Waals surface area (Å²) in [5, 5.41) is 6.79. The topological polar surface area (TPSA) is 63.2 Å². The molecule has 1 aromatic rings. The standard InChI is InChI=1S/C22H36N6O.HI/c1-3-23-22(24-11-15-27-13-5-12-26(2)16-17-27)25-18-19-7-9-20(10-8-19)28-14-4-6-21(28)29;/h7-10H,3-6,11-18H2,1-2H3,(H2,23,24,25);1H. The maximum absolute atomic E-state index is 11.9. The smallest absolute Gasteiger partial charge is 0.227 e. The number of hydrogen-bond acceptors (Lipinski definition) is 4. The van der Waals surface area contributed by atoms with Gasteiger partial charge in [0.15, 0.2) is 5.96 Å². The number of amides is 1. The summed E-state index contributed by atoms with van der Waals surface area (Å²) in [6, 6.07) is 8.21. The molecule has 0 aromatic heterocycles. The van der Waals surface area contributed by atoms with Crippen LogP contribution >= 0.6 is 24.0 Å². The molecule has 30 heavy (non-hydrogen) atoms. The molecule has 2 N–H and O–H groups in total. The first-order chi connectivity index (χ1) is 14.2. The second kappa shape index (κ2) is 13.1. The summed E-state index contributed by atoms with van der Waals surface area (Å²) >= 11 is 0. The van der Waals surface area contributed by atoms with Gasteiger partial charge in [-0.15, -0.1) is 24.0 Å². The van der Waals surface area contributed by atoms with E-state index in [9.17, 15) is 4.79 Å². The summed E-state index contributed by atoms with van der Waals surface area (Å²) < 4.78 is 0. The molecular formula is C22H37IN6O. The Labute approximate surface area is 198 Å². The molecule has 3 rings (SSSR count). The molecule has 2 saturated heterocycles. The molecule has 1 amide bonds. The van der Waals surface area contributed by atoms with Gasteiger partial charge in [-0.25, -0.2) is 4.99 Å². The quantitative estimate of drug-likeness (QED) is 0.323. The average Bonchev–Trinajstić information content (AvgIpc) is 3.04. The summed E-state index contributed by atoms with van der Waals surface area (Å²) in [4.78, 5) is 23.4. The summed E-state index contributed by atoms with van der Waals surface area (Å²) in [5.74, 6) is 1.09. The summed E-state index contributed by atoms with van der Waals surface area (Å²) in [6.45, 7) is 11.0. The van der Waals surface area contributed by atoms with Crippen LogP contribution in [0.5, 0.6) is 0 Å². The Morgan fingerprint density at radius 1 is 1.03 bits per heavy atom. The van der Waals surface area contributed by atoms with Crippen molar-refractivity contribution in [2.24, 2.45) is 4.99 Å². The Morgan fingerprint density at radius 3 is 2.53 bits per heavy atom. The highest BCUT2D eigenvalue weighted by molar-refractivity contribution is 14.0. The molecule has 8 heteroatoms. The van der Waals surface area contributed by atoms with E-state index in [1.54, 1.807) is 0 Å². The number of benzene rings is 1. The van der Waals surface area contributed by atoms with E-state index in [4.69, 9.17) is 4.99 Å². The van der Waals surface area contributed by atoms with E-state index in [1.165, 1.54) is 19.5 Å². The van der Waals surface area contributed by atoms with Crippen LogP contribution in [-0.4, -0.2) is 81.1 Å². The van der Waals surface area contributed by atoms with Crippen molar-refractivity contribution in [2.75, 3.05) is 64.3 Å². The zero-order chi connectivity index (χ0) is 20.5. The van der Waals surface area contributed by atoms with E-state index < -0.39 is 0 Å². The lowest BCUT2D eigenvalue weighted by atomic mass is 10.2. The number of carbonyl (C=O) groups is 1. The summed E-state index contributed by atoms with van der Waals surface area (Å²) in [6.07, 6.45) is 2.86. The van der Waals surface area contributed by atoms with Gasteiger partial charge in [0, 0.05) is 51.4 Å². The van der Waals surface area contributed by atoms with Gasteiger partial charge in [0.1, 0.15) is 0 Å². The minimum atomic E-state index is 0. The Morgan fingerprint density at radius 2 is 1.83 bits per heavy atom. The zero-order valence-electron chi connectivity index (χ0n) is 18.4. The van der Waals surface area contributed by atoms with Gasteiger partial charge in [0.2, 0.25) is 5.91 Å². The lowest BCUT2D eigenvalue weighted by Crippen LogP contribution is -2.42. The van der Waals surface area contributed by atoms with Gasteiger partial charge >= 0.3 is 0 Å². The minimum absolute atomic E-state index is 0. The van der Waals surface area contributed by atoms with Gasteiger partial charge in [-0.3, -0.25) is 4.79 Å². The molecule has 2 aliphatic heterocycles. The van der Waals surface area contributed by atoms with E-state index in [1.807, 2.05) is 17.0 Å². The molecule has 2 aliphatic rings. The van der Waals surface area contributed by atoms with Gasteiger partial charge in [-0.05, 0) is 57.6 Å². The van der Waals surface area contributed by atoms with Crippen LogP contribution in [-0.2, 0) is 11.3 Å². The fraction of sp³-hybridized carbons (Fsp3) is 0.636. The van der Waals surface area contributed by atoms with Crippen molar-refractivity contribution in [1.82, 2.24) is 20.4 Å². The Hall–Kier alpha value is -1.39. The van der Waals surface area contributed by atoms with Gasteiger partial charge in [0.05, 0.1) is 6.54 Å². The average molecular weight is 528 g/mol. The van der Waals surface area contributed by atoms with Crippen molar-refractivity contribution in [1.29, 1.82) is 0 Å². The molecule has 2 heterocycles. The van der Waals surface area contributed by atoms with Crippen LogP contribution in [0.15, 0.2) is 29.3 Å². The molecule has 7 nitrogen and oxygen atoms in total. The molecule has 168 valence electrons. The van der Waals surface area contributed by atoms with E-state index >= 15 is 0 Å². The molecule has 1 aromatic carbocycles. The molecular weight excluding hydrogens is 491 g/mol. The molecule has 2 fully saturated rings. The van der Waals surface area contributed by atoms with Gasteiger partial charge in [-0.1, -0.05) is 12.1 Å². The summed E-state index contributed by atoms with van der Waals surface area (Å²) in [7, 11) is 2.20. The zero-order valence-corrected chi connectivity index (χ0v) is 20.7. The van der Waals surface area contributed by atoms with Crippen LogP contribution < -0.4 is 15.5 Å². The van der Waals surface area contributed by atoms with Crippen molar-refractivity contribution in [2.45, 2.75) is 32.7 Å². The first kappa shape index (κ1) is 24.9. The van der Waals surface area contributed by atoms with Crippen LogP contribution in [0.4, 0.5) is 5.69 Å². The number of nitrogens with one attached hydrogen (secondary N) is 2. The maximum Gasteiger partial charge on any atom is 0.227 e. The number of anilines is 1. The van der Waals surface area contributed by atoms with Crippen molar-refractivity contribution >= 4 is 41.5 Å². The van der Waals surface area contributed by atoms with Crippen LogP contribution in [0.1, 0.15) is 31.7 Å². The van der Waals surface area contributed by atoms with Crippen molar-refractivity contribution in [3.05, 3.63) is 29.8 Å². The highest BCUT2D eigenvalue weighted by Gasteiger charge is 2.21. The fourth-order valence-corrected chi connectivity index (χ4v) is 3.87. The number of guanidine groups is 1. The Bertz CT molecular complexity index is 681. The third-order valence-electron chi connectivity index (χ3n) is 5.62. The Balaban J connectivity index is 0.00000320. The van der Waals surface area contributed by atoms with Gasteiger partial charge < -0.3 is 25.3 Å². The highest BCUT2D eigenvalue weighted by atomic mass is 127. The van der Waals surface area contributed by atoms with Crippen molar-refractivity contribution in [3.8, 4) is 0 Å². The number of likely N-dealkylation sites (N-methyl/N-ethyl adjacent to an activating group) is 1. The van der Waals surface area contributed by atoms with Crippen molar-refractivity contribution in [3.63, 3.8) is 0 Å². The van der Waals surface area contributed by atoms with Crippen molar-refractivity contribution < 1.29 is 4.79 Å². The fourth-order valence-electron chi connectivity index (χ4n) is 3.87. The number of aliphatic imine (C=N–C) groups is 1. The van der Waals surface area contributed by atoms with Crippen LogP contribution in [0.25, 0.3) is 0 Å². The SMILES string of the molecule is CCNC(=NCc1ccc(N2CCCC2=O)cc1)NCCN1CCCN(C)CC1.I. The molecule has 0 radical (unpaired) electrons. The summed E-state index contributed by atoms with van der Waals surface area (Å²) in [5.41, 5.74) is 2.14. The van der Waals surface area contributed by atoms with Gasteiger partial charge in [-0.2, -0.15) is 0 Å². The molecule has 0 unspecified atom stereocenters. The predicted molar refractivity (Wildman–Crippen MR) is 135 cm³/mol.